The van der Waals surface area contributed by atoms with Crippen molar-refractivity contribution in [2.75, 3.05) is 13.1 Å². The lowest BCUT2D eigenvalue weighted by Gasteiger charge is -2.24. The van der Waals surface area contributed by atoms with E-state index in [-0.39, 0.29) is 18.4 Å². The number of hydrogen-bond acceptors (Lipinski definition) is 2. The first kappa shape index (κ1) is 13.0. The molecule has 0 saturated heterocycles. The predicted octanol–water partition coefficient (Wildman–Crippen LogP) is 2.04. The number of carbonyl (C=O) groups is 1. The van der Waals surface area contributed by atoms with Gasteiger partial charge in [0.1, 0.15) is 6.54 Å². The van der Waals surface area contributed by atoms with Crippen LogP contribution in [0.3, 0.4) is 0 Å². The highest BCUT2D eigenvalue weighted by molar-refractivity contribution is 5.78. The lowest BCUT2D eigenvalue weighted by Crippen LogP contribution is -2.37. The molecule has 0 radical (unpaired) electrons. The van der Waals surface area contributed by atoms with Gasteiger partial charge in [-0.15, -0.1) is 0 Å². The zero-order chi connectivity index (χ0) is 11.1. The fourth-order valence-corrected chi connectivity index (χ4v) is 1.20. The van der Waals surface area contributed by atoms with Gasteiger partial charge in [-0.25, -0.2) is 0 Å². The van der Waals surface area contributed by atoms with Crippen LogP contribution in [0.15, 0.2) is 0 Å². The lowest BCUT2D eigenvalue weighted by molar-refractivity contribution is -0.135. The van der Waals surface area contributed by atoms with Crippen molar-refractivity contribution in [2.24, 2.45) is 11.8 Å². The van der Waals surface area contributed by atoms with E-state index in [0.717, 1.165) is 6.42 Å². The van der Waals surface area contributed by atoms with Gasteiger partial charge < -0.3 is 4.90 Å². The highest BCUT2D eigenvalue weighted by atomic mass is 16.2. The van der Waals surface area contributed by atoms with Crippen LogP contribution in [0.2, 0.25) is 0 Å². The fourth-order valence-electron chi connectivity index (χ4n) is 1.20. The summed E-state index contributed by atoms with van der Waals surface area (Å²) in [6.07, 6.45) is 0.901. The molecule has 1 atom stereocenters. The lowest BCUT2D eigenvalue weighted by atomic mass is 9.96. The summed E-state index contributed by atoms with van der Waals surface area (Å²) < 4.78 is 0. The van der Waals surface area contributed by atoms with Crippen molar-refractivity contribution in [3.05, 3.63) is 0 Å². The monoisotopic (exact) mass is 196 g/mol. The Hall–Kier alpha value is -1.04. The Bertz CT molecular complexity index is 218. The fraction of sp³-hybridized carbons (Fsp3) is 0.818. The largest absolute Gasteiger partial charge is 0.329 e. The second kappa shape index (κ2) is 6.42. The standard InChI is InChI=1S/C11H20N2O/c1-5-7-13(8-6-12)11(14)10(4)9(2)3/h9-10H,5,7-8H2,1-4H3. The minimum absolute atomic E-state index is 0.00917. The Balaban J connectivity index is 4.36. The molecular weight excluding hydrogens is 176 g/mol. The summed E-state index contributed by atoms with van der Waals surface area (Å²) in [7, 11) is 0. The van der Waals surface area contributed by atoms with Crippen molar-refractivity contribution < 1.29 is 4.79 Å². The molecule has 0 spiro atoms. The van der Waals surface area contributed by atoms with E-state index in [1.807, 2.05) is 33.8 Å². The van der Waals surface area contributed by atoms with Crippen molar-refractivity contribution in [1.82, 2.24) is 4.90 Å². The maximum atomic E-state index is 11.8. The first-order valence-corrected chi connectivity index (χ1v) is 5.20. The van der Waals surface area contributed by atoms with Crippen molar-refractivity contribution >= 4 is 5.91 Å². The molecule has 3 heteroatoms. The number of nitriles is 1. The van der Waals surface area contributed by atoms with E-state index in [1.165, 1.54) is 0 Å². The average Bonchev–Trinajstić information content (AvgIpc) is 2.15. The van der Waals surface area contributed by atoms with Crippen molar-refractivity contribution in [1.29, 1.82) is 5.26 Å². The van der Waals surface area contributed by atoms with E-state index in [1.54, 1.807) is 4.90 Å². The van der Waals surface area contributed by atoms with Crippen LogP contribution in [0.5, 0.6) is 0 Å². The number of nitrogens with zero attached hydrogens (tertiary/aromatic N) is 2. The summed E-state index contributed by atoms with van der Waals surface area (Å²) >= 11 is 0. The molecule has 14 heavy (non-hydrogen) atoms. The van der Waals surface area contributed by atoms with Gasteiger partial charge in [0.05, 0.1) is 6.07 Å². The van der Waals surface area contributed by atoms with E-state index < -0.39 is 0 Å². The van der Waals surface area contributed by atoms with Gasteiger partial charge in [0.15, 0.2) is 0 Å². The quantitative estimate of drug-likeness (QED) is 0.631. The zero-order valence-electron chi connectivity index (χ0n) is 9.58. The normalized spacial score (nSPS) is 12.3. The van der Waals surface area contributed by atoms with Crippen LogP contribution in [-0.4, -0.2) is 23.9 Å². The molecule has 1 unspecified atom stereocenters. The van der Waals surface area contributed by atoms with Gasteiger partial charge in [0, 0.05) is 12.5 Å². The Morgan fingerprint density at radius 2 is 2.00 bits per heavy atom. The molecule has 0 aliphatic heterocycles. The van der Waals surface area contributed by atoms with E-state index in [2.05, 4.69) is 0 Å². The topological polar surface area (TPSA) is 44.1 Å². The zero-order valence-corrected chi connectivity index (χ0v) is 9.58. The van der Waals surface area contributed by atoms with Crippen molar-refractivity contribution in [3.63, 3.8) is 0 Å². The van der Waals surface area contributed by atoms with Crippen LogP contribution in [0.1, 0.15) is 34.1 Å². The van der Waals surface area contributed by atoms with Crippen LogP contribution in [0.25, 0.3) is 0 Å². The molecule has 0 aromatic carbocycles. The van der Waals surface area contributed by atoms with Crippen LogP contribution in [0.4, 0.5) is 0 Å². The maximum Gasteiger partial charge on any atom is 0.226 e. The molecule has 0 fully saturated rings. The van der Waals surface area contributed by atoms with Gasteiger partial charge in [0.2, 0.25) is 5.91 Å². The summed E-state index contributed by atoms with van der Waals surface area (Å²) in [6, 6.07) is 2.03. The van der Waals surface area contributed by atoms with Gasteiger partial charge >= 0.3 is 0 Å². The summed E-state index contributed by atoms with van der Waals surface area (Å²) in [5.41, 5.74) is 0. The van der Waals surface area contributed by atoms with Crippen LogP contribution < -0.4 is 0 Å². The Labute approximate surface area is 86.7 Å². The maximum absolute atomic E-state index is 11.8. The van der Waals surface area contributed by atoms with Gasteiger partial charge in [0.25, 0.3) is 0 Å². The molecule has 0 saturated carbocycles. The van der Waals surface area contributed by atoms with Gasteiger partial charge in [-0.3, -0.25) is 4.79 Å². The van der Waals surface area contributed by atoms with Gasteiger partial charge in [-0.2, -0.15) is 5.26 Å². The number of amides is 1. The second-order valence-corrected chi connectivity index (χ2v) is 3.95. The SMILES string of the molecule is CCCN(CC#N)C(=O)C(C)C(C)C. The molecule has 0 N–H and O–H groups in total. The molecule has 0 aliphatic carbocycles. The third-order valence-corrected chi connectivity index (χ3v) is 2.46. The predicted molar refractivity (Wildman–Crippen MR) is 56.5 cm³/mol. The number of carbonyl (C=O) groups excluding carboxylic acids is 1. The first-order valence-electron chi connectivity index (χ1n) is 5.20. The number of rotatable bonds is 5. The average molecular weight is 196 g/mol. The second-order valence-electron chi connectivity index (χ2n) is 3.95. The molecule has 1 amide bonds. The summed E-state index contributed by atoms with van der Waals surface area (Å²) in [5.74, 6) is 0.443. The summed E-state index contributed by atoms with van der Waals surface area (Å²) in [4.78, 5) is 13.5. The first-order chi connectivity index (χ1) is 6.54. The Morgan fingerprint density at radius 3 is 2.36 bits per heavy atom. The summed E-state index contributed by atoms with van der Waals surface area (Å²) in [6.45, 7) is 8.88. The Kier molecular flexibility index (Phi) is 5.94. The minimum atomic E-state index is 0.00917. The van der Waals surface area contributed by atoms with Crippen LogP contribution in [-0.2, 0) is 4.79 Å². The molecule has 80 valence electrons. The van der Waals surface area contributed by atoms with Crippen LogP contribution >= 0.6 is 0 Å². The highest BCUT2D eigenvalue weighted by Crippen LogP contribution is 2.13. The third kappa shape index (κ3) is 3.78. The smallest absolute Gasteiger partial charge is 0.226 e. The Morgan fingerprint density at radius 1 is 1.43 bits per heavy atom. The van der Waals surface area contributed by atoms with Crippen molar-refractivity contribution in [2.45, 2.75) is 34.1 Å². The molecular formula is C11H20N2O. The van der Waals surface area contributed by atoms with E-state index >= 15 is 0 Å². The van der Waals surface area contributed by atoms with Gasteiger partial charge in [-0.1, -0.05) is 27.7 Å². The minimum Gasteiger partial charge on any atom is -0.329 e. The van der Waals surface area contributed by atoms with Crippen molar-refractivity contribution in [3.8, 4) is 6.07 Å². The van der Waals surface area contributed by atoms with E-state index in [4.69, 9.17) is 5.26 Å². The van der Waals surface area contributed by atoms with E-state index in [9.17, 15) is 4.79 Å². The molecule has 3 nitrogen and oxygen atoms in total. The molecule has 0 aliphatic rings. The van der Waals surface area contributed by atoms with Crippen LogP contribution in [0, 0.1) is 23.2 Å². The third-order valence-electron chi connectivity index (χ3n) is 2.46. The summed E-state index contributed by atoms with van der Waals surface area (Å²) in [5, 5.41) is 8.59. The molecule has 0 aromatic heterocycles. The molecule has 0 rings (SSSR count). The molecule has 0 bridgehead atoms. The number of hydrogen-bond donors (Lipinski definition) is 0. The van der Waals surface area contributed by atoms with Gasteiger partial charge in [-0.05, 0) is 12.3 Å². The highest BCUT2D eigenvalue weighted by Gasteiger charge is 2.21. The molecule has 0 aromatic rings. The molecule has 0 heterocycles. The van der Waals surface area contributed by atoms with E-state index in [0.29, 0.717) is 12.5 Å².